The van der Waals surface area contributed by atoms with Crippen molar-refractivity contribution in [2.45, 2.75) is 39.3 Å². The monoisotopic (exact) mass is 448 g/mol. The highest BCUT2D eigenvalue weighted by Crippen LogP contribution is 2.27. The Morgan fingerprint density at radius 3 is 2.34 bits per heavy atom. The van der Waals surface area contributed by atoms with E-state index < -0.39 is 12.0 Å². The van der Waals surface area contributed by atoms with E-state index in [2.05, 4.69) is 20.4 Å². The van der Waals surface area contributed by atoms with Gasteiger partial charge in [-0.2, -0.15) is 18.2 Å². The molecule has 8 nitrogen and oxygen atoms in total. The van der Waals surface area contributed by atoms with Crippen molar-refractivity contribution in [2.75, 3.05) is 19.4 Å². The molecule has 0 fully saturated rings. The van der Waals surface area contributed by atoms with Gasteiger partial charge in [-0.05, 0) is 43.5 Å². The van der Waals surface area contributed by atoms with E-state index >= 15 is 0 Å². The number of aromatic nitrogens is 4. The Morgan fingerprint density at radius 1 is 1.09 bits per heavy atom. The lowest BCUT2D eigenvalue weighted by molar-refractivity contribution is -0.144. The van der Waals surface area contributed by atoms with Gasteiger partial charge in [-0.3, -0.25) is 9.59 Å². The number of benzene rings is 1. The molecule has 2 heterocycles. The fourth-order valence-corrected chi connectivity index (χ4v) is 3.19. The number of halogens is 3. The number of amides is 2. The molecule has 0 bridgehead atoms. The lowest BCUT2D eigenvalue weighted by Crippen LogP contribution is -2.23. The predicted molar refractivity (Wildman–Crippen MR) is 111 cm³/mol. The van der Waals surface area contributed by atoms with E-state index in [1.165, 1.54) is 4.90 Å². The van der Waals surface area contributed by atoms with Crippen molar-refractivity contribution in [1.82, 2.24) is 24.5 Å². The number of hydrogen-bond donors (Lipinski definition) is 1. The number of hydrogen-bond acceptors (Lipinski definition) is 5. The van der Waals surface area contributed by atoms with Crippen LogP contribution in [-0.4, -0.2) is 50.4 Å². The third kappa shape index (κ3) is 5.21. The number of alkyl halides is 3. The summed E-state index contributed by atoms with van der Waals surface area (Å²) in [6, 6.07) is 6.97. The molecule has 0 unspecified atom stereocenters. The first-order chi connectivity index (χ1) is 15.0. The van der Waals surface area contributed by atoms with Gasteiger partial charge in [0.25, 0.3) is 11.6 Å². The summed E-state index contributed by atoms with van der Waals surface area (Å²) in [5.41, 5.74) is 3.02. The molecule has 11 heteroatoms. The quantitative estimate of drug-likeness (QED) is 0.626. The number of aryl methyl sites for hydroxylation is 2. The van der Waals surface area contributed by atoms with Crippen molar-refractivity contribution in [3.8, 4) is 0 Å². The maximum Gasteiger partial charge on any atom is 0.453 e. The van der Waals surface area contributed by atoms with Crippen LogP contribution < -0.4 is 5.32 Å². The highest BCUT2D eigenvalue weighted by molar-refractivity contribution is 5.91. The second-order valence-electron chi connectivity index (χ2n) is 7.62. The maximum absolute atomic E-state index is 12.9. The lowest BCUT2D eigenvalue weighted by atomic mass is 10.1. The normalized spacial score (nSPS) is 11.6. The van der Waals surface area contributed by atoms with Gasteiger partial charge in [0, 0.05) is 37.6 Å². The topological polar surface area (TPSA) is 92.5 Å². The highest BCUT2D eigenvalue weighted by atomic mass is 19.4. The minimum absolute atomic E-state index is 0.0205. The molecule has 1 N–H and O–H groups in total. The van der Waals surface area contributed by atoms with E-state index in [1.807, 2.05) is 0 Å². The van der Waals surface area contributed by atoms with Crippen molar-refractivity contribution in [3.63, 3.8) is 0 Å². The Morgan fingerprint density at radius 2 is 1.75 bits per heavy atom. The molecule has 0 atom stereocenters. The molecule has 0 aliphatic rings. The Balaban J connectivity index is 1.66. The Labute approximate surface area is 182 Å². The van der Waals surface area contributed by atoms with Gasteiger partial charge in [-0.1, -0.05) is 12.1 Å². The average Bonchev–Trinajstić information content (AvgIpc) is 3.14. The average molecular weight is 448 g/mol. The van der Waals surface area contributed by atoms with Gasteiger partial charge in [0.2, 0.25) is 11.8 Å². The van der Waals surface area contributed by atoms with Crippen molar-refractivity contribution in [2.24, 2.45) is 0 Å². The third-order valence-corrected chi connectivity index (χ3v) is 5.00. The SMILES string of the molecule is Cc1nc2nc(C(F)(F)F)nn2c(C)c1CCC(=O)Nc1ccc(CC(=O)N(C)C)cc1. The summed E-state index contributed by atoms with van der Waals surface area (Å²) in [4.78, 5) is 33.2. The summed E-state index contributed by atoms with van der Waals surface area (Å²) in [5, 5.41) is 6.29. The molecule has 170 valence electrons. The lowest BCUT2D eigenvalue weighted by Gasteiger charge is -2.11. The van der Waals surface area contributed by atoms with Crippen LogP contribution in [0.2, 0.25) is 0 Å². The molecular weight excluding hydrogens is 425 g/mol. The Bertz CT molecular complexity index is 1150. The van der Waals surface area contributed by atoms with Gasteiger partial charge in [-0.25, -0.2) is 9.50 Å². The molecule has 3 aromatic rings. The van der Waals surface area contributed by atoms with Crippen LogP contribution in [0.3, 0.4) is 0 Å². The zero-order valence-corrected chi connectivity index (χ0v) is 18.1. The summed E-state index contributed by atoms with van der Waals surface area (Å²) >= 11 is 0. The number of nitrogens with zero attached hydrogens (tertiary/aromatic N) is 5. The second kappa shape index (κ2) is 8.93. The first kappa shape index (κ1) is 23.2. The van der Waals surface area contributed by atoms with E-state index in [9.17, 15) is 22.8 Å². The van der Waals surface area contributed by atoms with Crippen LogP contribution in [0.25, 0.3) is 5.78 Å². The molecule has 0 radical (unpaired) electrons. The van der Waals surface area contributed by atoms with Crippen LogP contribution in [0.1, 0.15) is 34.8 Å². The van der Waals surface area contributed by atoms with Gasteiger partial charge in [0.05, 0.1) is 6.42 Å². The fourth-order valence-electron chi connectivity index (χ4n) is 3.19. The minimum Gasteiger partial charge on any atom is -0.349 e. The largest absolute Gasteiger partial charge is 0.453 e. The van der Waals surface area contributed by atoms with E-state index in [1.54, 1.807) is 52.2 Å². The van der Waals surface area contributed by atoms with Crippen LogP contribution in [0, 0.1) is 13.8 Å². The molecule has 0 aliphatic heterocycles. The summed E-state index contributed by atoms with van der Waals surface area (Å²) < 4.78 is 39.8. The minimum atomic E-state index is -4.66. The molecule has 2 amide bonds. The van der Waals surface area contributed by atoms with Gasteiger partial charge in [0.1, 0.15) is 0 Å². The Kier molecular flexibility index (Phi) is 6.47. The van der Waals surface area contributed by atoms with Crippen molar-refractivity contribution in [1.29, 1.82) is 0 Å². The second-order valence-corrected chi connectivity index (χ2v) is 7.62. The van der Waals surface area contributed by atoms with E-state index in [-0.39, 0.29) is 36.9 Å². The number of likely N-dealkylation sites (N-methyl/N-ethyl adjacent to an activating group) is 1. The highest BCUT2D eigenvalue weighted by Gasteiger charge is 2.37. The van der Waals surface area contributed by atoms with Gasteiger partial charge in [0.15, 0.2) is 0 Å². The van der Waals surface area contributed by atoms with Crippen molar-refractivity contribution in [3.05, 3.63) is 52.6 Å². The van der Waals surface area contributed by atoms with E-state index in [4.69, 9.17) is 0 Å². The number of carbonyl (C=O) groups is 2. The molecule has 3 rings (SSSR count). The van der Waals surface area contributed by atoms with Gasteiger partial charge >= 0.3 is 6.18 Å². The van der Waals surface area contributed by atoms with Crippen molar-refractivity contribution >= 4 is 23.3 Å². The number of carbonyl (C=O) groups excluding carboxylic acids is 2. The van der Waals surface area contributed by atoms with E-state index in [0.29, 0.717) is 22.6 Å². The number of nitrogens with one attached hydrogen (secondary N) is 1. The molecule has 2 aromatic heterocycles. The van der Waals surface area contributed by atoms with Crippen LogP contribution in [0.5, 0.6) is 0 Å². The molecule has 0 spiro atoms. The summed E-state index contributed by atoms with van der Waals surface area (Å²) in [5.74, 6) is -1.66. The number of fused-ring (bicyclic) bond motifs is 1. The summed E-state index contributed by atoms with van der Waals surface area (Å²) in [6.07, 6.45) is -4.00. The first-order valence-electron chi connectivity index (χ1n) is 9.84. The van der Waals surface area contributed by atoms with Crippen LogP contribution in [0.4, 0.5) is 18.9 Å². The molecule has 0 saturated heterocycles. The summed E-state index contributed by atoms with van der Waals surface area (Å²) in [6.45, 7) is 3.29. The van der Waals surface area contributed by atoms with Crippen molar-refractivity contribution < 1.29 is 22.8 Å². The van der Waals surface area contributed by atoms with E-state index in [0.717, 1.165) is 10.1 Å². The molecular formula is C21H23F3N6O2. The van der Waals surface area contributed by atoms with Gasteiger partial charge < -0.3 is 10.2 Å². The third-order valence-electron chi connectivity index (χ3n) is 5.00. The first-order valence-corrected chi connectivity index (χ1v) is 9.84. The van der Waals surface area contributed by atoms with Crippen LogP contribution >= 0.6 is 0 Å². The maximum atomic E-state index is 12.9. The number of anilines is 1. The molecule has 32 heavy (non-hydrogen) atoms. The zero-order chi connectivity index (χ0) is 23.6. The fraction of sp³-hybridized carbons (Fsp3) is 0.381. The predicted octanol–water partition coefficient (Wildman–Crippen LogP) is 2.96. The van der Waals surface area contributed by atoms with Crippen LogP contribution in [-0.2, 0) is 28.6 Å². The van der Waals surface area contributed by atoms with Gasteiger partial charge in [-0.15, -0.1) is 5.10 Å². The molecule has 0 saturated carbocycles. The Hall–Kier alpha value is -3.50. The number of rotatable bonds is 6. The standard InChI is InChI=1S/C21H23F3N6O2/c1-12-16(13(2)30-20(25-12)27-19(28-30)21(22,23)24)9-10-17(31)26-15-7-5-14(6-8-15)11-18(32)29(3)4/h5-8H,9-11H2,1-4H3,(H,26,31). The molecule has 0 aliphatic carbocycles. The van der Waals surface area contributed by atoms with Crippen LogP contribution in [0.15, 0.2) is 24.3 Å². The summed E-state index contributed by atoms with van der Waals surface area (Å²) in [7, 11) is 3.37. The molecule has 1 aromatic carbocycles. The smallest absolute Gasteiger partial charge is 0.349 e. The zero-order valence-electron chi connectivity index (χ0n) is 18.1.